The smallest absolute Gasteiger partial charge is 0.241 e. The summed E-state index contributed by atoms with van der Waals surface area (Å²) in [5.74, 6) is -0.367. The zero-order valence-corrected chi connectivity index (χ0v) is 14.4. The van der Waals surface area contributed by atoms with Gasteiger partial charge in [-0.05, 0) is 35.6 Å². The van der Waals surface area contributed by atoms with Crippen molar-refractivity contribution in [2.75, 3.05) is 13.1 Å². The molecule has 1 aliphatic heterocycles. The van der Waals surface area contributed by atoms with Crippen LogP contribution in [-0.4, -0.2) is 38.4 Å². The fourth-order valence-corrected chi connectivity index (χ4v) is 4.93. The van der Waals surface area contributed by atoms with Crippen molar-refractivity contribution < 1.29 is 17.6 Å². The number of thiophene rings is 1. The molecule has 1 amide bonds. The summed E-state index contributed by atoms with van der Waals surface area (Å²) >= 11 is 1.31. The topological polar surface area (TPSA) is 66.5 Å². The van der Waals surface area contributed by atoms with Crippen molar-refractivity contribution in [2.24, 2.45) is 0 Å². The molecule has 1 N–H and O–H groups in total. The van der Waals surface area contributed by atoms with E-state index in [0.29, 0.717) is 19.5 Å². The molecule has 0 bridgehead atoms. The number of nitrogens with one attached hydrogen (secondary N) is 1. The third kappa shape index (κ3) is 4.00. The SMILES string of the molecule is O=C1C[C@@H](NS(=O)(=O)c2ccsc2)CN1CCc1ccc(F)cc1. The van der Waals surface area contributed by atoms with E-state index in [2.05, 4.69) is 4.72 Å². The van der Waals surface area contributed by atoms with Crippen molar-refractivity contribution >= 4 is 27.3 Å². The molecule has 3 rings (SSSR count). The molecule has 0 spiro atoms. The highest BCUT2D eigenvalue weighted by atomic mass is 32.2. The predicted molar refractivity (Wildman–Crippen MR) is 89.7 cm³/mol. The van der Waals surface area contributed by atoms with Gasteiger partial charge in [-0.15, -0.1) is 0 Å². The van der Waals surface area contributed by atoms with Gasteiger partial charge in [-0.25, -0.2) is 17.5 Å². The quantitative estimate of drug-likeness (QED) is 0.848. The molecule has 1 aromatic heterocycles. The van der Waals surface area contributed by atoms with Crippen LogP contribution in [0.15, 0.2) is 46.0 Å². The third-order valence-corrected chi connectivity index (χ3v) is 6.28. The second-order valence-corrected chi connectivity index (χ2v) is 8.19. The molecule has 1 saturated heterocycles. The van der Waals surface area contributed by atoms with E-state index in [1.54, 1.807) is 27.8 Å². The molecule has 0 saturated carbocycles. The molecule has 8 heteroatoms. The number of benzene rings is 1. The maximum atomic E-state index is 12.9. The zero-order chi connectivity index (χ0) is 17.2. The number of halogens is 1. The number of sulfonamides is 1. The number of likely N-dealkylation sites (tertiary alicyclic amines) is 1. The number of amides is 1. The Morgan fingerprint density at radius 1 is 1.25 bits per heavy atom. The first-order valence-electron chi connectivity index (χ1n) is 7.51. The van der Waals surface area contributed by atoms with Crippen LogP contribution in [0.3, 0.4) is 0 Å². The highest BCUT2D eigenvalue weighted by molar-refractivity contribution is 7.89. The minimum absolute atomic E-state index is 0.0740. The van der Waals surface area contributed by atoms with Crippen molar-refractivity contribution in [3.05, 3.63) is 52.5 Å². The van der Waals surface area contributed by atoms with Gasteiger partial charge < -0.3 is 4.90 Å². The van der Waals surface area contributed by atoms with E-state index < -0.39 is 16.1 Å². The summed E-state index contributed by atoms with van der Waals surface area (Å²) in [6, 6.07) is 7.27. The lowest BCUT2D eigenvalue weighted by molar-refractivity contribution is -0.127. The van der Waals surface area contributed by atoms with Crippen LogP contribution in [0.25, 0.3) is 0 Å². The average Bonchev–Trinajstić information content (AvgIpc) is 3.17. The number of carbonyl (C=O) groups is 1. The molecule has 0 radical (unpaired) electrons. The molecule has 0 unspecified atom stereocenters. The van der Waals surface area contributed by atoms with Crippen LogP contribution in [0.5, 0.6) is 0 Å². The molecule has 1 fully saturated rings. The minimum atomic E-state index is -3.58. The van der Waals surface area contributed by atoms with Crippen molar-refractivity contribution in [1.82, 2.24) is 9.62 Å². The number of carbonyl (C=O) groups excluding carboxylic acids is 1. The Labute approximate surface area is 144 Å². The largest absolute Gasteiger partial charge is 0.341 e. The van der Waals surface area contributed by atoms with E-state index in [4.69, 9.17) is 0 Å². The summed E-state index contributed by atoms with van der Waals surface area (Å²) in [5.41, 5.74) is 0.937. The third-order valence-electron chi connectivity index (χ3n) is 3.93. The lowest BCUT2D eigenvalue weighted by atomic mass is 10.1. The maximum Gasteiger partial charge on any atom is 0.241 e. The lowest BCUT2D eigenvalue weighted by Crippen LogP contribution is -2.37. The Kier molecular flexibility index (Phi) is 4.98. The summed E-state index contributed by atoms with van der Waals surface area (Å²) in [6.45, 7) is 0.838. The highest BCUT2D eigenvalue weighted by Crippen LogP contribution is 2.17. The summed E-state index contributed by atoms with van der Waals surface area (Å²) in [4.78, 5) is 13.9. The molecule has 24 heavy (non-hydrogen) atoms. The summed E-state index contributed by atoms with van der Waals surface area (Å²) in [6.07, 6.45) is 0.767. The van der Waals surface area contributed by atoms with E-state index in [-0.39, 0.29) is 23.0 Å². The summed E-state index contributed by atoms with van der Waals surface area (Å²) in [5, 5.41) is 3.26. The predicted octanol–water partition coefficient (Wildman–Crippen LogP) is 2.01. The Morgan fingerprint density at radius 2 is 2.00 bits per heavy atom. The lowest BCUT2D eigenvalue weighted by Gasteiger charge is -2.17. The van der Waals surface area contributed by atoms with E-state index >= 15 is 0 Å². The number of hydrogen-bond acceptors (Lipinski definition) is 4. The van der Waals surface area contributed by atoms with Crippen molar-refractivity contribution in [3.8, 4) is 0 Å². The van der Waals surface area contributed by atoms with E-state index in [9.17, 15) is 17.6 Å². The van der Waals surface area contributed by atoms with E-state index in [1.165, 1.54) is 29.5 Å². The number of hydrogen-bond donors (Lipinski definition) is 1. The molecule has 5 nitrogen and oxygen atoms in total. The van der Waals surface area contributed by atoms with Crippen LogP contribution in [0, 0.1) is 5.82 Å². The zero-order valence-electron chi connectivity index (χ0n) is 12.8. The van der Waals surface area contributed by atoms with Gasteiger partial charge in [-0.2, -0.15) is 11.3 Å². The molecule has 1 atom stereocenters. The van der Waals surface area contributed by atoms with Gasteiger partial charge in [0.1, 0.15) is 5.82 Å². The van der Waals surface area contributed by atoms with Gasteiger partial charge in [-0.3, -0.25) is 4.79 Å². The number of nitrogens with zero attached hydrogens (tertiary/aromatic N) is 1. The van der Waals surface area contributed by atoms with Crippen molar-refractivity contribution in [1.29, 1.82) is 0 Å². The Balaban J connectivity index is 1.56. The van der Waals surface area contributed by atoms with Gasteiger partial charge in [0.15, 0.2) is 0 Å². The van der Waals surface area contributed by atoms with Gasteiger partial charge in [0.05, 0.1) is 4.90 Å². The number of rotatable bonds is 6. The molecular weight excluding hydrogens is 351 g/mol. The molecule has 128 valence electrons. The van der Waals surface area contributed by atoms with Crippen molar-refractivity contribution in [3.63, 3.8) is 0 Å². The normalized spacial score (nSPS) is 18.3. The molecule has 1 aliphatic rings. The fraction of sp³-hybridized carbons (Fsp3) is 0.312. The molecular formula is C16H17FN2O3S2. The average molecular weight is 368 g/mol. The maximum absolute atomic E-state index is 12.9. The monoisotopic (exact) mass is 368 g/mol. The second kappa shape index (κ2) is 7.00. The van der Waals surface area contributed by atoms with Gasteiger partial charge in [0, 0.05) is 30.9 Å². The van der Waals surface area contributed by atoms with Gasteiger partial charge in [-0.1, -0.05) is 12.1 Å². The summed E-state index contributed by atoms with van der Waals surface area (Å²) in [7, 11) is -3.58. The van der Waals surface area contributed by atoms with Crippen molar-refractivity contribution in [2.45, 2.75) is 23.8 Å². The van der Waals surface area contributed by atoms with Crippen LogP contribution in [0.1, 0.15) is 12.0 Å². The summed E-state index contributed by atoms with van der Waals surface area (Å²) < 4.78 is 39.9. The van der Waals surface area contributed by atoms with E-state index in [1.807, 2.05) is 0 Å². The highest BCUT2D eigenvalue weighted by Gasteiger charge is 2.32. The molecule has 2 aromatic rings. The Hall–Kier alpha value is -1.77. The van der Waals surface area contributed by atoms with Crippen LogP contribution < -0.4 is 4.72 Å². The first-order chi connectivity index (χ1) is 11.4. The van der Waals surface area contributed by atoms with E-state index in [0.717, 1.165) is 5.56 Å². The van der Waals surface area contributed by atoms with Gasteiger partial charge in [0.25, 0.3) is 0 Å². The second-order valence-electron chi connectivity index (χ2n) is 5.70. The van der Waals surface area contributed by atoms with Crippen LogP contribution >= 0.6 is 11.3 Å². The van der Waals surface area contributed by atoms with Crippen LogP contribution in [-0.2, 0) is 21.2 Å². The van der Waals surface area contributed by atoms with Crippen LogP contribution in [0.2, 0.25) is 0 Å². The minimum Gasteiger partial charge on any atom is -0.341 e. The Bertz CT molecular complexity index is 804. The van der Waals surface area contributed by atoms with Gasteiger partial charge in [0.2, 0.25) is 15.9 Å². The molecule has 2 heterocycles. The molecule has 0 aliphatic carbocycles. The Morgan fingerprint density at radius 3 is 2.67 bits per heavy atom. The van der Waals surface area contributed by atoms with Crippen LogP contribution in [0.4, 0.5) is 4.39 Å². The van der Waals surface area contributed by atoms with Gasteiger partial charge >= 0.3 is 0 Å². The first kappa shape index (κ1) is 17.1. The fourth-order valence-electron chi connectivity index (χ4n) is 2.67. The standard InChI is InChI=1S/C16H17FN2O3S2/c17-13-3-1-12(2-4-13)5-7-19-10-14(9-16(19)20)18-24(21,22)15-6-8-23-11-15/h1-4,6,8,11,14,18H,5,7,9-10H2/t14-/m1/s1. The molecule has 1 aromatic carbocycles. The first-order valence-corrected chi connectivity index (χ1v) is 9.93.